The van der Waals surface area contributed by atoms with Crippen molar-refractivity contribution in [1.29, 1.82) is 0 Å². The summed E-state index contributed by atoms with van der Waals surface area (Å²) in [5.74, 6) is -0.370. The molecule has 30 heavy (non-hydrogen) atoms. The maximum absolute atomic E-state index is 12.3. The Morgan fingerprint density at radius 1 is 1.30 bits per heavy atom. The zero-order valence-electron chi connectivity index (χ0n) is 18.5. The third-order valence-electron chi connectivity index (χ3n) is 4.86. The first-order valence-corrected chi connectivity index (χ1v) is 10.7. The van der Waals surface area contributed by atoms with Gasteiger partial charge >= 0.3 is 12.1 Å². The normalized spacial score (nSPS) is 20.0. The molecule has 1 aromatic heterocycles. The van der Waals surface area contributed by atoms with Crippen LogP contribution >= 0.6 is 0 Å². The van der Waals surface area contributed by atoms with E-state index in [1.807, 2.05) is 27.0 Å². The van der Waals surface area contributed by atoms with Gasteiger partial charge in [0.2, 0.25) is 0 Å². The number of hydrogen-bond donors (Lipinski definition) is 2. The molecule has 1 fully saturated rings. The summed E-state index contributed by atoms with van der Waals surface area (Å²) in [6.07, 6.45) is 9.25. The highest BCUT2D eigenvalue weighted by atomic mass is 16.6. The van der Waals surface area contributed by atoms with Crippen molar-refractivity contribution in [2.45, 2.75) is 84.0 Å². The van der Waals surface area contributed by atoms with Crippen molar-refractivity contribution in [3.05, 3.63) is 23.8 Å². The van der Waals surface area contributed by atoms with E-state index in [4.69, 9.17) is 9.47 Å². The highest BCUT2D eigenvalue weighted by Crippen LogP contribution is 2.28. The number of alkyl carbamates (subject to hydrolysis) is 1. The lowest BCUT2D eigenvalue weighted by Gasteiger charge is -2.26. The van der Waals surface area contributed by atoms with Crippen LogP contribution in [-0.2, 0) is 14.3 Å². The third kappa shape index (κ3) is 8.18. The maximum Gasteiger partial charge on any atom is 0.407 e. The summed E-state index contributed by atoms with van der Waals surface area (Å²) in [4.78, 5) is 28.5. The number of amides is 1. The second-order valence-electron chi connectivity index (χ2n) is 8.63. The van der Waals surface area contributed by atoms with Gasteiger partial charge in [0.25, 0.3) is 0 Å². The first-order valence-electron chi connectivity index (χ1n) is 10.7. The number of ether oxygens (including phenoxy) is 2. The number of esters is 1. The quantitative estimate of drug-likeness (QED) is 0.378. The molecule has 0 saturated heterocycles. The zero-order valence-corrected chi connectivity index (χ0v) is 18.5. The van der Waals surface area contributed by atoms with E-state index in [0.717, 1.165) is 25.7 Å². The number of rotatable bonds is 8. The predicted molar refractivity (Wildman–Crippen MR) is 114 cm³/mol. The van der Waals surface area contributed by atoms with Gasteiger partial charge in [-0.05, 0) is 72.3 Å². The molecule has 0 unspecified atom stereocenters. The average Bonchev–Trinajstić information content (AvgIpc) is 3.12. The first-order chi connectivity index (χ1) is 14.2. The van der Waals surface area contributed by atoms with Crippen LogP contribution in [0.3, 0.4) is 0 Å². The number of aromatic nitrogens is 2. The molecular formula is C22H35N3O5. The van der Waals surface area contributed by atoms with Gasteiger partial charge in [0, 0.05) is 24.4 Å². The minimum atomic E-state index is -0.546. The van der Waals surface area contributed by atoms with Crippen molar-refractivity contribution in [3.63, 3.8) is 0 Å². The molecule has 8 nitrogen and oxygen atoms in total. The number of nitrogens with zero attached hydrogens (tertiary/aromatic N) is 2. The summed E-state index contributed by atoms with van der Waals surface area (Å²) >= 11 is 0. The van der Waals surface area contributed by atoms with E-state index in [1.165, 1.54) is 0 Å². The fourth-order valence-corrected chi connectivity index (χ4v) is 3.40. The lowest BCUT2D eigenvalue weighted by atomic mass is 9.93. The van der Waals surface area contributed by atoms with Gasteiger partial charge in [0.15, 0.2) is 0 Å². The van der Waals surface area contributed by atoms with Crippen molar-refractivity contribution < 1.29 is 24.2 Å². The second kappa shape index (κ2) is 11.2. The Morgan fingerprint density at radius 2 is 2.00 bits per heavy atom. The highest BCUT2D eigenvalue weighted by molar-refractivity contribution is 5.93. The Morgan fingerprint density at radius 3 is 2.63 bits per heavy atom. The van der Waals surface area contributed by atoms with Gasteiger partial charge in [-0.3, -0.25) is 0 Å². The Kier molecular flexibility index (Phi) is 8.89. The fraction of sp³-hybridized carbons (Fsp3) is 0.682. The molecule has 168 valence electrons. The highest BCUT2D eigenvalue weighted by Gasteiger charge is 2.21. The van der Waals surface area contributed by atoms with Gasteiger partial charge in [0.1, 0.15) is 5.60 Å². The molecule has 1 aromatic rings. The number of imidazole rings is 1. The summed E-state index contributed by atoms with van der Waals surface area (Å²) in [7, 11) is 0. The molecule has 1 heterocycles. The summed E-state index contributed by atoms with van der Waals surface area (Å²) in [5.41, 5.74) is 0.673. The van der Waals surface area contributed by atoms with Crippen LogP contribution in [0, 0.1) is 0 Å². The molecule has 0 spiro atoms. The number of carbonyl (C=O) groups excluding carboxylic acids is 2. The predicted octanol–water partition coefficient (Wildman–Crippen LogP) is 3.61. The molecule has 0 radical (unpaired) electrons. The van der Waals surface area contributed by atoms with Crippen LogP contribution in [0.5, 0.6) is 0 Å². The van der Waals surface area contributed by atoms with Crippen LogP contribution in [-0.4, -0.2) is 51.6 Å². The topological polar surface area (TPSA) is 103 Å². The van der Waals surface area contributed by atoms with E-state index in [0.29, 0.717) is 43.3 Å². The molecule has 1 aliphatic rings. The van der Waals surface area contributed by atoms with Crippen LogP contribution in [0.2, 0.25) is 0 Å². The van der Waals surface area contributed by atoms with Gasteiger partial charge < -0.3 is 24.5 Å². The molecule has 0 atom stereocenters. The Bertz CT molecular complexity index is 727. The summed E-state index contributed by atoms with van der Waals surface area (Å²) in [6.45, 7) is 7.88. The molecule has 1 amide bonds. The monoisotopic (exact) mass is 421 g/mol. The third-order valence-corrected chi connectivity index (χ3v) is 4.86. The van der Waals surface area contributed by atoms with Crippen LogP contribution in [0.15, 0.2) is 18.1 Å². The lowest BCUT2D eigenvalue weighted by Crippen LogP contribution is -2.33. The number of hydrogen-bond acceptors (Lipinski definition) is 6. The van der Waals surface area contributed by atoms with Crippen molar-refractivity contribution in [3.8, 4) is 0 Å². The zero-order chi connectivity index (χ0) is 22.1. The van der Waals surface area contributed by atoms with Crippen molar-refractivity contribution in [2.24, 2.45) is 0 Å². The Hall–Kier alpha value is -2.35. The summed E-state index contributed by atoms with van der Waals surface area (Å²) in [6, 6.07) is 0.326. The number of aliphatic hydroxyl groups is 1. The SMILES string of the molecule is CCOC(=O)C(=Cc1cn(C2CCC(O)CC2)cn1)CCCNC(=O)OC(C)(C)C. The van der Waals surface area contributed by atoms with Crippen LogP contribution in [0.4, 0.5) is 4.79 Å². The first kappa shape index (κ1) is 23.9. The minimum Gasteiger partial charge on any atom is -0.463 e. The molecular weight excluding hydrogens is 386 g/mol. The average molecular weight is 422 g/mol. The molecule has 1 aliphatic carbocycles. The van der Waals surface area contributed by atoms with Crippen LogP contribution in [0.1, 0.15) is 78.0 Å². The second-order valence-corrected chi connectivity index (χ2v) is 8.63. The molecule has 0 bridgehead atoms. The number of aliphatic hydroxyl groups excluding tert-OH is 1. The van der Waals surface area contributed by atoms with E-state index in [2.05, 4.69) is 14.9 Å². The molecule has 0 aliphatic heterocycles. The van der Waals surface area contributed by atoms with Crippen molar-refractivity contribution in [2.75, 3.05) is 13.2 Å². The molecule has 8 heteroatoms. The standard InChI is InChI=1S/C22H35N3O5/c1-5-29-20(27)16(7-6-12-23-21(28)30-22(2,3)4)13-17-14-25(15-24-17)18-8-10-19(26)11-9-18/h13-15,18-19,26H,5-12H2,1-4H3,(H,23,28). The number of nitrogens with one attached hydrogen (secondary N) is 1. The van der Waals surface area contributed by atoms with Gasteiger partial charge in [0.05, 0.1) is 24.7 Å². The van der Waals surface area contributed by atoms with Crippen LogP contribution in [0.25, 0.3) is 6.08 Å². The number of carbonyl (C=O) groups is 2. The maximum atomic E-state index is 12.3. The Labute approximate surface area is 178 Å². The molecule has 1 saturated carbocycles. The minimum absolute atomic E-state index is 0.200. The van der Waals surface area contributed by atoms with Crippen LogP contribution < -0.4 is 5.32 Å². The lowest BCUT2D eigenvalue weighted by molar-refractivity contribution is -0.138. The smallest absolute Gasteiger partial charge is 0.407 e. The van der Waals surface area contributed by atoms with Gasteiger partial charge in [-0.15, -0.1) is 0 Å². The Balaban J connectivity index is 1.95. The fourth-order valence-electron chi connectivity index (χ4n) is 3.40. The van der Waals surface area contributed by atoms with E-state index in [1.54, 1.807) is 19.3 Å². The van der Waals surface area contributed by atoms with Gasteiger partial charge in [-0.2, -0.15) is 0 Å². The largest absolute Gasteiger partial charge is 0.463 e. The molecule has 2 rings (SSSR count). The van der Waals surface area contributed by atoms with E-state index in [-0.39, 0.29) is 12.1 Å². The van der Waals surface area contributed by atoms with Gasteiger partial charge in [-0.1, -0.05) is 0 Å². The van der Waals surface area contributed by atoms with Crippen molar-refractivity contribution in [1.82, 2.24) is 14.9 Å². The van der Waals surface area contributed by atoms with E-state index >= 15 is 0 Å². The van der Waals surface area contributed by atoms with Gasteiger partial charge in [-0.25, -0.2) is 14.6 Å². The summed E-state index contributed by atoms with van der Waals surface area (Å²) < 4.78 is 12.4. The summed E-state index contributed by atoms with van der Waals surface area (Å²) in [5, 5.41) is 12.4. The van der Waals surface area contributed by atoms with Crippen molar-refractivity contribution >= 4 is 18.1 Å². The van der Waals surface area contributed by atoms with E-state index in [9.17, 15) is 14.7 Å². The molecule has 0 aromatic carbocycles. The molecule has 2 N–H and O–H groups in total. The van der Waals surface area contributed by atoms with E-state index < -0.39 is 11.7 Å².